The van der Waals surface area contributed by atoms with Crippen molar-refractivity contribution in [3.8, 4) is 0 Å². The Hall–Kier alpha value is -1.19. The molecule has 1 N–H and O–H groups in total. The number of halogens is 1. The molecule has 0 unspecified atom stereocenters. The maximum atomic E-state index is 12.3. The van der Waals surface area contributed by atoms with Crippen molar-refractivity contribution in [1.29, 1.82) is 0 Å². The van der Waals surface area contributed by atoms with Gasteiger partial charge in [0.1, 0.15) is 0 Å². The summed E-state index contributed by atoms with van der Waals surface area (Å²) in [4.78, 5) is 7.56. The van der Waals surface area contributed by atoms with Crippen LogP contribution in [0.2, 0.25) is 0 Å². The van der Waals surface area contributed by atoms with Crippen molar-refractivity contribution in [2.45, 2.75) is 12.8 Å². The molecule has 1 aliphatic carbocycles. The smallest absolute Gasteiger partial charge is 0.222 e. The molecule has 0 aliphatic heterocycles. The van der Waals surface area contributed by atoms with Crippen LogP contribution in [0.15, 0.2) is 12.4 Å². The van der Waals surface area contributed by atoms with Gasteiger partial charge in [-0.1, -0.05) is 0 Å². The third-order valence-electron chi connectivity index (χ3n) is 1.87. The van der Waals surface area contributed by atoms with E-state index < -0.39 is 5.82 Å². The fourth-order valence-corrected chi connectivity index (χ4v) is 0.961. The third kappa shape index (κ3) is 1.90. The highest BCUT2D eigenvalue weighted by molar-refractivity contribution is 5.22. The second-order valence-corrected chi connectivity index (χ2v) is 3.05. The summed E-state index contributed by atoms with van der Waals surface area (Å²) in [7, 11) is 0. The largest absolute Gasteiger partial charge is 0.354 e. The lowest BCUT2D eigenvalue weighted by atomic mass is 10.4. The molecule has 0 saturated heterocycles. The Bertz CT molecular complexity index is 256. The molecule has 1 fully saturated rings. The van der Waals surface area contributed by atoms with Crippen LogP contribution >= 0.6 is 0 Å². The molecule has 0 amide bonds. The van der Waals surface area contributed by atoms with Gasteiger partial charge >= 0.3 is 0 Å². The number of hydrogen-bond acceptors (Lipinski definition) is 3. The first-order valence-corrected chi connectivity index (χ1v) is 4.06. The summed E-state index contributed by atoms with van der Waals surface area (Å²) in [5.74, 6) is 0.897. The first-order chi connectivity index (χ1) is 5.84. The van der Waals surface area contributed by atoms with E-state index in [0.717, 1.165) is 12.5 Å². The van der Waals surface area contributed by atoms with Crippen molar-refractivity contribution in [1.82, 2.24) is 9.97 Å². The average Bonchev–Trinajstić information content (AvgIpc) is 2.87. The monoisotopic (exact) mass is 167 g/mol. The molecule has 1 aromatic heterocycles. The molecular weight excluding hydrogens is 157 g/mol. The molecule has 0 atom stereocenters. The van der Waals surface area contributed by atoms with Crippen LogP contribution in [0.4, 0.5) is 10.3 Å². The van der Waals surface area contributed by atoms with Crippen LogP contribution in [-0.2, 0) is 0 Å². The number of aromatic nitrogens is 2. The predicted octanol–water partition coefficient (Wildman–Crippen LogP) is 1.44. The van der Waals surface area contributed by atoms with Crippen molar-refractivity contribution in [2.75, 3.05) is 11.9 Å². The average molecular weight is 167 g/mol. The number of hydrogen-bond donors (Lipinski definition) is 1. The molecule has 0 bridgehead atoms. The van der Waals surface area contributed by atoms with Crippen LogP contribution in [0, 0.1) is 11.7 Å². The van der Waals surface area contributed by atoms with Crippen molar-refractivity contribution in [3.63, 3.8) is 0 Å². The zero-order valence-corrected chi connectivity index (χ0v) is 6.63. The molecule has 1 aromatic rings. The quantitative estimate of drug-likeness (QED) is 0.740. The molecule has 1 saturated carbocycles. The van der Waals surface area contributed by atoms with Crippen molar-refractivity contribution in [2.24, 2.45) is 5.92 Å². The van der Waals surface area contributed by atoms with Gasteiger partial charge < -0.3 is 5.32 Å². The lowest BCUT2D eigenvalue weighted by Gasteiger charge is -2.01. The molecular formula is C8H10FN3. The summed E-state index contributed by atoms with van der Waals surface area (Å²) in [6.45, 7) is 0.908. The summed E-state index contributed by atoms with van der Waals surface area (Å²) in [5, 5.41) is 3.04. The number of nitrogens with zero attached hydrogens (tertiary/aromatic N) is 2. The van der Waals surface area contributed by atoms with Crippen LogP contribution in [-0.4, -0.2) is 16.5 Å². The van der Waals surface area contributed by atoms with Gasteiger partial charge in [0.05, 0.1) is 12.4 Å². The highest BCUT2D eigenvalue weighted by Crippen LogP contribution is 2.28. The van der Waals surface area contributed by atoms with E-state index in [0.29, 0.717) is 5.95 Å². The van der Waals surface area contributed by atoms with Gasteiger partial charge in [-0.15, -0.1) is 0 Å². The molecule has 0 radical (unpaired) electrons. The summed E-state index contributed by atoms with van der Waals surface area (Å²) in [6, 6.07) is 0. The van der Waals surface area contributed by atoms with Gasteiger partial charge in [-0.05, 0) is 18.8 Å². The van der Waals surface area contributed by atoms with E-state index in [1.165, 1.54) is 25.2 Å². The van der Waals surface area contributed by atoms with Crippen molar-refractivity contribution < 1.29 is 4.39 Å². The maximum Gasteiger partial charge on any atom is 0.222 e. The number of nitrogens with one attached hydrogen (secondary N) is 1. The lowest BCUT2D eigenvalue weighted by Crippen LogP contribution is -2.06. The van der Waals surface area contributed by atoms with E-state index in [-0.39, 0.29) is 0 Å². The van der Waals surface area contributed by atoms with Gasteiger partial charge in [-0.3, -0.25) is 0 Å². The van der Waals surface area contributed by atoms with Crippen LogP contribution in [0.3, 0.4) is 0 Å². The van der Waals surface area contributed by atoms with Gasteiger partial charge in [-0.2, -0.15) is 0 Å². The van der Waals surface area contributed by atoms with E-state index in [1.54, 1.807) is 0 Å². The Kier molecular flexibility index (Phi) is 1.89. The molecule has 0 aromatic carbocycles. The minimum absolute atomic E-state index is 0.396. The lowest BCUT2D eigenvalue weighted by molar-refractivity contribution is 0.614. The fraction of sp³-hybridized carbons (Fsp3) is 0.500. The van der Waals surface area contributed by atoms with Crippen LogP contribution in [0.25, 0.3) is 0 Å². The zero-order valence-electron chi connectivity index (χ0n) is 6.63. The maximum absolute atomic E-state index is 12.3. The fourth-order valence-electron chi connectivity index (χ4n) is 0.961. The van der Waals surface area contributed by atoms with Crippen molar-refractivity contribution >= 4 is 5.95 Å². The topological polar surface area (TPSA) is 37.8 Å². The van der Waals surface area contributed by atoms with Gasteiger partial charge in [0, 0.05) is 6.54 Å². The van der Waals surface area contributed by atoms with E-state index in [4.69, 9.17) is 0 Å². The second kappa shape index (κ2) is 3.05. The SMILES string of the molecule is Fc1cnc(NCC2CC2)nc1. The third-order valence-corrected chi connectivity index (χ3v) is 1.87. The van der Waals surface area contributed by atoms with Gasteiger partial charge in [0.15, 0.2) is 5.82 Å². The summed E-state index contributed by atoms with van der Waals surface area (Å²) in [5.41, 5.74) is 0. The van der Waals surface area contributed by atoms with E-state index in [2.05, 4.69) is 15.3 Å². The first-order valence-electron chi connectivity index (χ1n) is 4.06. The van der Waals surface area contributed by atoms with Crippen LogP contribution < -0.4 is 5.32 Å². The minimum atomic E-state index is -0.396. The Labute approximate surface area is 70.0 Å². The number of rotatable bonds is 3. The standard InChI is InChI=1S/C8H10FN3/c9-7-4-11-8(12-5-7)10-3-6-1-2-6/h4-6H,1-3H2,(H,10,11,12). The highest BCUT2D eigenvalue weighted by Gasteiger charge is 2.20. The molecule has 64 valence electrons. The van der Waals surface area contributed by atoms with Crippen LogP contribution in [0.1, 0.15) is 12.8 Å². The molecule has 0 spiro atoms. The number of anilines is 1. The molecule has 3 nitrogen and oxygen atoms in total. The van der Waals surface area contributed by atoms with E-state index in [9.17, 15) is 4.39 Å². The normalized spacial score (nSPS) is 16.1. The molecule has 1 aliphatic rings. The molecule has 2 rings (SSSR count). The molecule has 4 heteroatoms. The Balaban J connectivity index is 1.89. The van der Waals surface area contributed by atoms with Gasteiger partial charge in [0.2, 0.25) is 5.95 Å². The van der Waals surface area contributed by atoms with Gasteiger partial charge in [-0.25, -0.2) is 14.4 Å². The molecule has 12 heavy (non-hydrogen) atoms. The predicted molar refractivity (Wildman–Crippen MR) is 43.2 cm³/mol. The Morgan fingerprint density at radius 1 is 1.42 bits per heavy atom. The first kappa shape index (κ1) is 7.46. The summed E-state index contributed by atoms with van der Waals surface area (Å²) < 4.78 is 12.3. The second-order valence-electron chi connectivity index (χ2n) is 3.05. The summed E-state index contributed by atoms with van der Waals surface area (Å²) in [6.07, 6.45) is 4.91. The Morgan fingerprint density at radius 2 is 2.08 bits per heavy atom. The highest BCUT2D eigenvalue weighted by atomic mass is 19.1. The molecule has 1 heterocycles. The van der Waals surface area contributed by atoms with Crippen LogP contribution in [0.5, 0.6) is 0 Å². The van der Waals surface area contributed by atoms with Crippen molar-refractivity contribution in [3.05, 3.63) is 18.2 Å². The van der Waals surface area contributed by atoms with Gasteiger partial charge in [0.25, 0.3) is 0 Å². The minimum Gasteiger partial charge on any atom is -0.354 e. The van der Waals surface area contributed by atoms with E-state index >= 15 is 0 Å². The van der Waals surface area contributed by atoms with E-state index in [1.807, 2.05) is 0 Å². The Morgan fingerprint density at radius 3 is 2.67 bits per heavy atom. The zero-order chi connectivity index (χ0) is 8.39. The summed E-state index contributed by atoms with van der Waals surface area (Å²) >= 11 is 0.